The molecular formula is C24H22FN3O3. The Morgan fingerprint density at radius 2 is 1.87 bits per heavy atom. The molecule has 0 fully saturated rings. The minimum absolute atomic E-state index is 0.283. The van der Waals surface area contributed by atoms with E-state index < -0.39 is 5.97 Å². The number of hydrogen-bond donors (Lipinski definition) is 1. The largest absolute Gasteiger partial charge is 0.463 e. The lowest BCUT2D eigenvalue weighted by atomic mass is 10.1. The number of rotatable bonds is 6. The van der Waals surface area contributed by atoms with Gasteiger partial charge in [0.15, 0.2) is 5.69 Å². The van der Waals surface area contributed by atoms with Crippen molar-refractivity contribution >= 4 is 23.6 Å². The number of aromatic nitrogens is 2. The number of halogens is 1. The lowest BCUT2D eigenvalue weighted by Gasteiger charge is -2.06. The second kappa shape index (κ2) is 8.95. The molecule has 1 aliphatic carbocycles. The van der Waals surface area contributed by atoms with Crippen LogP contribution in [0.2, 0.25) is 0 Å². The molecule has 1 aliphatic rings. The highest BCUT2D eigenvalue weighted by Crippen LogP contribution is 2.28. The fourth-order valence-corrected chi connectivity index (χ4v) is 3.64. The van der Waals surface area contributed by atoms with Crippen molar-refractivity contribution in [3.63, 3.8) is 0 Å². The Balaban J connectivity index is 1.51. The number of carbonyl (C=O) groups excluding carboxylic acids is 2. The van der Waals surface area contributed by atoms with Crippen LogP contribution in [0.15, 0.2) is 54.6 Å². The third-order valence-electron chi connectivity index (χ3n) is 5.08. The SMILES string of the molecule is CCOC(=O)/C=C/c1ccc(NC(=O)c2nn(-c3ccc(F)cc3)c3c2CCC3)cc1. The lowest BCUT2D eigenvalue weighted by molar-refractivity contribution is -0.137. The normalized spacial score (nSPS) is 12.7. The van der Waals surface area contributed by atoms with Crippen LogP contribution in [0.4, 0.5) is 10.1 Å². The van der Waals surface area contributed by atoms with Gasteiger partial charge < -0.3 is 10.1 Å². The van der Waals surface area contributed by atoms with Crippen molar-refractivity contribution in [1.29, 1.82) is 0 Å². The summed E-state index contributed by atoms with van der Waals surface area (Å²) in [5.74, 6) is -0.995. The first-order valence-electron chi connectivity index (χ1n) is 10.2. The molecule has 0 spiro atoms. The van der Waals surface area contributed by atoms with Crippen LogP contribution in [0.25, 0.3) is 11.8 Å². The Morgan fingerprint density at radius 3 is 2.58 bits per heavy atom. The van der Waals surface area contributed by atoms with Crippen molar-refractivity contribution in [2.45, 2.75) is 26.2 Å². The van der Waals surface area contributed by atoms with Gasteiger partial charge in [0.25, 0.3) is 5.91 Å². The van der Waals surface area contributed by atoms with E-state index in [4.69, 9.17) is 4.74 Å². The van der Waals surface area contributed by atoms with Gasteiger partial charge in [0, 0.05) is 23.0 Å². The molecule has 4 rings (SSSR count). The van der Waals surface area contributed by atoms with Crippen LogP contribution < -0.4 is 5.32 Å². The third kappa shape index (κ3) is 4.55. The average Bonchev–Trinajstić information content (AvgIpc) is 3.37. The summed E-state index contributed by atoms with van der Waals surface area (Å²) in [7, 11) is 0. The van der Waals surface area contributed by atoms with Crippen molar-refractivity contribution in [1.82, 2.24) is 9.78 Å². The van der Waals surface area contributed by atoms with E-state index in [9.17, 15) is 14.0 Å². The van der Waals surface area contributed by atoms with Gasteiger partial charge in [-0.25, -0.2) is 13.9 Å². The number of carbonyl (C=O) groups is 2. The summed E-state index contributed by atoms with van der Waals surface area (Å²) in [5, 5.41) is 7.42. The summed E-state index contributed by atoms with van der Waals surface area (Å²) in [5.41, 5.74) is 4.50. The number of amides is 1. The summed E-state index contributed by atoms with van der Waals surface area (Å²) in [4.78, 5) is 24.3. The van der Waals surface area contributed by atoms with E-state index in [1.165, 1.54) is 18.2 Å². The Hall–Kier alpha value is -3.74. The molecule has 2 aromatic carbocycles. The van der Waals surface area contributed by atoms with Crippen LogP contribution >= 0.6 is 0 Å². The molecule has 1 aromatic heterocycles. The molecule has 158 valence electrons. The number of benzene rings is 2. The van der Waals surface area contributed by atoms with E-state index in [-0.39, 0.29) is 11.7 Å². The number of nitrogens with one attached hydrogen (secondary N) is 1. The van der Waals surface area contributed by atoms with Gasteiger partial charge in [0.1, 0.15) is 5.82 Å². The molecule has 1 heterocycles. The van der Waals surface area contributed by atoms with Gasteiger partial charge in [-0.3, -0.25) is 4.79 Å². The summed E-state index contributed by atoms with van der Waals surface area (Å²) in [6.45, 7) is 2.08. The predicted molar refractivity (Wildman–Crippen MR) is 116 cm³/mol. The summed E-state index contributed by atoms with van der Waals surface area (Å²) < 4.78 is 19.9. The topological polar surface area (TPSA) is 73.2 Å². The molecule has 31 heavy (non-hydrogen) atoms. The van der Waals surface area contributed by atoms with Gasteiger partial charge in [0.2, 0.25) is 0 Å². The van der Waals surface area contributed by atoms with Crippen molar-refractivity contribution < 1.29 is 18.7 Å². The number of nitrogens with zero attached hydrogens (tertiary/aromatic N) is 2. The molecule has 1 N–H and O–H groups in total. The van der Waals surface area contributed by atoms with Crippen molar-refractivity contribution in [2.24, 2.45) is 0 Å². The van der Waals surface area contributed by atoms with E-state index in [1.807, 2.05) is 0 Å². The molecule has 0 saturated carbocycles. The second-order valence-electron chi connectivity index (χ2n) is 7.18. The molecule has 0 unspecified atom stereocenters. The van der Waals surface area contributed by atoms with E-state index in [0.717, 1.165) is 41.8 Å². The number of hydrogen-bond acceptors (Lipinski definition) is 4. The monoisotopic (exact) mass is 419 g/mol. The first-order valence-corrected chi connectivity index (χ1v) is 10.2. The van der Waals surface area contributed by atoms with E-state index in [1.54, 1.807) is 54.1 Å². The van der Waals surface area contributed by atoms with Crippen molar-refractivity contribution in [3.05, 3.63) is 82.9 Å². The maximum absolute atomic E-state index is 13.3. The maximum Gasteiger partial charge on any atom is 0.330 e. The molecular weight excluding hydrogens is 397 g/mol. The minimum atomic E-state index is -0.398. The summed E-state index contributed by atoms with van der Waals surface area (Å²) in [6.07, 6.45) is 5.59. The van der Waals surface area contributed by atoms with E-state index >= 15 is 0 Å². The maximum atomic E-state index is 13.3. The molecule has 1 amide bonds. The highest BCUT2D eigenvalue weighted by molar-refractivity contribution is 6.04. The van der Waals surface area contributed by atoms with E-state index in [0.29, 0.717) is 18.0 Å². The number of ether oxygens (including phenoxy) is 1. The molecule has 0 atom stereocenters. The van der Waals surface area contributed by atoms with Gasteiger partial charge >= 0.3 is 5.97 Å². The Labute approximate surface area is 179 Å². The zero-order chi connectivity index (χ0) is 21.8. The van der Waals surface area contributed by atoms with Crippen LogP contribution in [-0.2, 0) is 22.4 Å². The Morgan fingerprint density at radius 1 is 1.13 bits per heavy atom. The van der Waals surface area contributed by atoms with Crippen LogP contribution in [0, 0.1) is 5.82 Å². The van der Waals surface area contributed by atoms with Crippen LogP contribution in [0.1, 0.15) is 40.7 Å². The predicted octanol–water partition coefficient (Wildman–Crippen LogP) is 4.33. The number of esters is 1. The summed E-state index contributed by atoms with van der Waals surface area (Å²) >= 11 is 0. The number of fused-ring (bicyclic) bond motifs is 1. The minimum Gasteiger partial charge on any atom is -0.463 e. The smallest absolute Gasteiger partial charge is 0.330 e. The van der Waals surface area contributed by atoms with Crippen molar-refractivity contribution in [2.75, 3.05) is 11.9 Å². The van der Waals surface area contributed by atoms with Gasteiger partial charge in [-0.2, -0.15) is 5.10 Å². The molecule has 0 aliphatic heterocycles. The fraction of sp³-hybridized carbons (Fsp3) is 0.208. The molecule has 0 saturated heterocycles. The quantitative estimate of drug-likeness (QED) is 0.477. The lowest BCUT2D eigenvalue weighted by Crippen LogP contribution is -2.15. The molecule has 3 aromatic rings. The molecule has 6 nitrogen and oxygen atoms in total. The second-order valence-corrected chi connectivity index (χ2v) is 7.18. The zero-order valence-electron chi connectivity index (χ0n) is 17.1. The van der Waals surface area contributed by atoms with Crippen LogP contribution in [0.5, 0.6) is 0 Å². The van der Waals surface area contributed by atoms with Crippen molar-refractivity contribution in [3.8, 4) is 5.69 Å². The number of anilines is 1. The van der Waals surface area contributed by atoms with Crippen LogP contribution in [-0.4, -0.2) is 28.3 Å². The fourth-order valence-electron chi connectivity index (χ4n) is 3.64. The molecule has 0 radical (unpaired) electrons. The standard InChI is InChI=1S/C24H22FN3O3/c1-2-31-22(29)15-8-16-6-11-18(12-7-16)26-24(30)23-20-4-3-5-21(20)28(27-23)19-13-9-17(25)10-14-19/h6-15H,2-5H2,1H3,(H,26,30)/b15-8+. The highest BCUT2D eigenvalue weighted by Gasteiger charge is 2.27. The molecule has 7 heteroatoms. The van der Waals surface area contributed by atoms with E-state index in [2.05, 4.69) is 10.4 Å². The van der Waals surface area contributed by atoms with Crippen LogP contribution in [0.3, 0.4) is 0 Å². The first kappa shape index (κ1) is 20.5. The Bertz CT molecular complexity index is 1130. The Kier molecular flexibility index (Phi) is 5.93. The zero-order valence-corrected chi connectivity index (χ0v) is 17.1. The average molecular weight is 419 g/mol. The van der Waals surface area contributed by atoms with Gasteiger partial charge in [-0.15, -0.1) is 0 Å². The molecule has 0 bridgehead atoms. The van der Waals surface area contributed by atoms with Gasteiger partial charge in [-0.05, 0) is 74.2 Å². The summed E-state index contributed by atoms with van der Waals surface area (Å²) in [6, 6.07) is 13.2. The van der Waals surface area contributed by atoms with Gasteiger partial charge in [0.05, 0.1) is 12.3 Å². The third-order valence-corrected chi connectivity index (χ3v) is 5.08. The van der Waals surface area contributed by atoms with Gasteiger partial charge in [-0.1, -0.05) is 12.1 Å². The first-order chi connectivity index (χ1) is 15.0. The highest BCUT2D eigenvalue weighted by atomic mass is 19.1.